The Morgan fingerprint density at radius 1 is 1.36 bits per heavy atom. The number of hydrogen-bond acceptors (Lipinski definition) is 6. The molecule has 0 bridgehead atoms. The average molecular weight is 375 g/mol. The molecule has 1 heterocycles. The third kappa shape index (κ3) is 4.89. The van der Waals surface area contributed by atoms with Gasteiger partial charge in [-0.2, -0.15) is 18.3 Å². The average Bonchev–Trinajstić information content (AvgIpc) is 2.87. The van der Waals surface area contributed by atoms with Gasteiger partial charge in [-0.25, -0.2) is 9.18 Å². The van der Waals surface area contributed by atoms with Crippen LogP contribution < -0.4 is 5.32 Å². The number of nitrogens with zero attached hydrogens (tertiary/aromatic N) is 2. The van der Waals surface area contributed by atoms with Crippen LogP contribution in [-0.2, 0) is 20.5 Å². The van der Waals surface area contributed by atoms with Crippen molar-refractivity contribution in [2.75, 3.05) is 7.11 Å². The molecule has 0 atom stereocenters. The van der Waals surface area contributed by atoms with Gasteiger partial charge >= 0.3 is 12.1 Å². The molecular weight excluding hydrogens is 366 g/mol. The van der Waals surface area contributed by atoms with Gasteiger partial charge < -0.3 is 4.74 Å². The summed E-state index contributed by atoms with van der Waals surface area (Å²) in [4.78, 5) is 22.7. The molecule has 0 aromatic heterocycles. The van der Waals surface area contributed by atoms with Crippen LogP contribution in [0.4, 0.5) is 17.6 Å². The number of amides is 1. The predicted octanol–water partition coefficient (Wildman–Crippen LogP) is 2.45. The standard InChI is InChI=1S/C14H9F4N3O3S/c1-24-11(22)5-10-12(23)20-13(25-10)21-19-6-7-2-3-9(15)8(4-7)14(16,17)18/h2-6H,1H3,(H,20,21,23)/b10-5+,19-6?. The lowest BCUT2D eigenvalue weighted by Crippen LogP contribution is -2.19. The van der Waals surface area contributed by atoms with Gasteiger partial charge in [0.25, 0.3) is 5.91 Å². The highest BCUT2D eigenvalue weighted by atomic mass is 32.2. The summed E-state index contributed by atoms with van der Waals surface area (Å²) in [6, 6.07) is 2.35. The van der Waals surface area contributed by atoms with Gasteiger partial charge in [0, 0.05) is 6.08 Å². The summed E-state index contributed by atoms with van der Waals surface area (Å²) >= 11 is 0.803. The van der Waals surface area contributed by atoms with E-state index in [9.17, 15) is 27.2 Å². The number of nitrogens with one attached hydrogen (secondary N) is 1. The fraction of sp³-hybridized carbons (Fsp3) is 0.143. The Labute approximate surface area is 142 Å². The molecular formula is C14H9F4N3O3S. The fourth-order valence-electron chi connectivity index (χ4n) is 1.63. The number of benzene rings is 1. The first-order valence-electron chi connectivity index (χ1n) is 6.47. The zero-order valence-corrected chi connectivity index (χ0v) is 13.2. The predicted molar refractivity (Wildman–Crippen MR) is 82.3 cm³/mol. The first-order valence-corrected chi connectivity index (χ1v) is 7.29. The van der Waals surface area contributed by atoms with E-state index in [4.69, 9.17) is 0 Å². The van der Waals surface area contributed by atoms with Crippen LogP contribution in [0.1, 0.15) is 11.1 Å². The molecule has 6 nitrogen and oxygen atoms in total. The van der Waals surface area contributed by atoms with Crippen molar-refractivity contribution < 1.29 is 31.9 Å². The van der Waals surface area contributed by atoms with Crippen LogP contribution in [0.2, 0.25) is 0 Å². The van der Waals surface area contributed by atoms with E-state index in [0.29, 0.717) is 12.1 Å². The van der Waals surface area contributed by atoms with Crippen molar-refractivity contribution in [2.24, 2.45) is 10.2 Å². The number of hydrogen-bond donors (Lipinski definition) is 1. The zero-order valence-electron chi connectivity index (χ0n) is 12.4. The summed E-state index contributed by atoms with van der Waals surface area (Å²) in [5, 5.41) is 9.49. The molecule has 0 saturated carbocycles. The molecule has 1 fully saturated rings. The van der Waals surface area contributed by atoms with Crippen molar-refractivity contribution in [2.45, 2.75) is 6.18 Å². The van der Waals surface area contributed by atoms with Gasteiger partial charge in [0.05, 0.1) is 23.8 Å². The van der Waals surface area contributed by atoms with E-state index in [1.165, 1.54) is 0 Å². The van der Waals surface area contributed by atoms with Gasteiger partial charge in [0.15, 0.2) is 5.17 Å². The Morgan fingerprint density at radius 3 is 2.72 bits per heavy atom. The van der Waals surface area contributed by atoms with Crippen LogP contribution in [0.3, 0.4) is 0 Å². The molecule has 25 heavy (non-hydrogen) atoms. The molecule has 1 aliphatic heterocycles. The Bertz CT molecular complexity index is 803. The number of carbonyl (C=O) groups is 2. The van der Waals surface area contributed by atoms with E-state index < -0.39 is 29.4 Å². The normalized spacial score (nSPS) is 18.2. The molecule has 132 valence electrons. The van der Waals surface area contributed by atoms with Crippen LogP contribution in [0.25, 0.3) is 0 Å². The summed E-state index contributed by atoms with van der Waals surface area (Å²) < 4.78 is 55.4. The highest BCUT2D eigenvalue weighted by molar-refractivity contribution is 8.18. The van der Waals surface area contributed by atoms with Crippen molar-refractivity contribution >= 4 is 35.0 Å². The molecule has 11 heteroatoms. The first kappa shape index (κ1) is 18.6. The van der Waals surface area contributed by atoms with E-state index in [1.54, 1.807) is 0 Å². The van der Waals surface area contributed by atoms with E-state index in [2.05, 4.69) is 20.3 Å². The largest absolute Gasteiger partial charge is 0.466 e. The van der Waals surface area contributed by atoms with E-state index in [-0.39, 0.29) is 15.6 Å². The Hall–Kier alpha value is -2.69. The molecule has 0 spiro atoms. The van der Waals surface area contributed by atoms with Crippen molar-refractivity contribution in [3.63, 3.8) is 0 Å². The van der Waals surface area contributed by atoms with E-state index in [0.717, 1.165) is 37.2 Å². The molecule has 0 radical (unpaired) electrons. The molecule has 1 saturated heterocycles. The molecule has 1 aromatic carbocycles. The smallest absolute Gasteiger partial charge is 0.419 e. The molecule has 0 aliphatic carbocycles. The monoisotopic (exact) mass is 375 g/mol. The lowest BCUT2D eigenvalue weighted by molar-refractivity contribution is -0.140. The minimum Gasteiger partial charge on any atom is -0.466 e. The highest BCUT2D eigenvalue weighted by Gasteiger charge is 2.34. The molecule has 0 unspecified atom stereocenters. The quantitative estimate of drug-likeness (QED) is 0.289. The summed E-state index contributed by atoms with van der Waals surface area (Å²) in [5.41, 5.74) is -1.45. The van der Waals surface area contributed by atoms with Crippen LogP contribution in [0.15, 0.2) is 39.4 Å². The SMILES string of the molecule is COC(=O)/C=C1/S/C(=N\N=Cc2ccc(F)c(C(F)(F)F)c2)NC1=O. The van der Waals surface area contributed by atoms with Crippen LogP contribution in [0, 0.1) is 5.82 Å². The highest BCUT2D eigenvalue weighted by Crippen LogP contribution is 2.31. The summed E-state index contributed by atoms with van der Waals surface area (Å²) in [6.07, 6.45) is -2.90. The zero-order chi connectivity index (χ0) is 18.6. The number of ether oxygens (including phenoxy) is 1. The number of rotatable bonds is 3. The minimum atomic E-state index is -4.83. The second kappa shape index (κ2) is 7.47. The number of methoxy groups -OCH3 is 1. The summed E-state index contributed by atoms with van der Waals surface area (Å²) in [5.74, 6) is -2.72. The lowest BCUT2D eigenvalue weighted by atomic mass is 10.1. The van der Waals surface area contributed by atoms with Gasteiger partial charge in [-0.15, -0.1) is 5.10 Å². The molecule has 1 aromatic rings. The number of halogens is 4. The lowest BCUT2D eigenvalue weighted by Gasteiger charge is -2.07. The third-order valence-electron chi connectivity index (χ3n) is 2.75. The molecule has 2 rings (SSSR count). The first-order chi connectivity index (χ1) is 11.7. The summed E-state index contributed by atoms with van der Waals surface area (Å²) in [7, 11) is 1.15. The second-order valence-electron chi connectivity index (χ2n) is 4.47. The van der Waals surface area contributed by atoms with Crippen LogP contribution in [-0.4, -0.2) is 30.4 Å². The maximum Gasteiger partial charge on any atom is 0.419 e. The molecule has 1 aliphatic rings. The van der Waals surface area contributed by atoms with Gasteiger partial charge in [-0.1, -0.05) is 6.07 Å². The second-order valence-corrected chi connectivity index (χ2v) is 5.51. The number of alkyl halides is 3. The van der Waals surface area contributed by atoms with Crippen LogP contribution in [0.5, 0.6) is 0 Å². The topological polar surface area (TPSA) is 80.1 Å². The number of amidine groups is 1. The Kier molecular flexibility index (Phi) is 5.57. The van der Waals surface area contributed by atoms with Gasteiger partial charge in [0.2, 0.25) is 0 Å². The number of thioether (sulfide) groups is 1. The van der Waals surface area contributed by atoms with Crippen molar-refractivity contribution in [1.29, 1.82) is 0 Å². The molecule has 1 amide bonds. The van der Waals surface area contributed by atoms with Crippen molar-refractivity contribution in [3.8, 4) is 0 Å². The van der Waals surface area contributed by atoms with Crippen LogP contribution >= 0.6 is 11.8 Å². The van der Waals surface area contributed by atoms with Gasteiger partial charge in [-0.3, -0.25) is 10.1 Å². The van der Waals surface area contributed by atoms with E-state index >= 15 is 0 Å². The number of carbonyl (C=O) groups excluding carboxylic acids is 2. The Balaban J connectivity index is 2.14. The Morgan fingerprint density at radius 2 is 2.08 bits per heavy atom. The third-order valence-corrected chi connectivity index (χ3v) is 3.65. The maximum atomic E-state index is 13.2. The van der Waals surface area contributed by atoms with Gasteiger partial charge in [0.1, 0.15) is 5.82 Å². The minimum absolute atomic E-state index is 0.0227. The van der Waals surface area contributed by atoms with E-state index in [1.807, 2.05) is 0 Å². The molecule has 1 N–H and O–H groups in total. The summed E-state index contributed by atoms with van der Waals surface area (Å²) in [6.45, 7) is 0. The maximum absolute atomic E-state index is 13.2. The number of esters is 1. The van der Waals surface area contributed by atoms with Crippen molar-refractivity contribution in [3.05, 3.63) is 46.1 Å². The fourth-order valence-corrected chi connectivity index (χ4v) is 2.37. The van der Waals surface area contributed by atoms with Crippen molar-refractivity contribution in [1.82, 2.24) is 5.32 Å². The van der Waals surface area contributed by atoms with Gasteiger partial charge in [-0.05, 0) is 29.5 Å².